The number of nitrogens with zero attached hydrogens (tertiary/aromatic N) is 4. The molecule has 0 bridgehead atoms. The summed E-state index contributed by atoms with van der Waals surface area (Å²) in [5.41, 5.74) is 0.954. The Labute approximate surface area is 99.9 Å². The summed E-state index contributed by atoms with van der Waals surface area (Å²) in [6.07, 6.45) is 5.24. The third kappa shape index (κ3) is 1.82. The quantitative estimate of drug-likeness (QED) is 0.784. The first kappa shape index (κ1) is 10.4. The molecule has 2 aromatic heterocycles. The number of rotatable bonds is 1. The summed E-state index contributed by atoms with van der Waals surface area (Å²) in [7, 11) is 0. The van der Waals surface area contributed by atoms with Gasteiger partial charge in [0.1, 0.15) is 12.1 Å². The van der Waals surface area contributed by atoms with Crippen LogP contribution in [0.3, 0.4) is 0 Å². The van der Waals surface area contributed by atoms with Crippen molar-refractivity contribution < 1.29 is 0 Å². The lowest BCUT2D eigenvalue weighted by Crippen LogP contribution is -2.50. The van der Waals surface area contributed by atoms with Gasteiger partial charge in [0.2, 0.25) is 0 Å². The molecule has 0 unspecified atom stereocenters. The Balaban J connectivity index is 2.10. The van der Waals surface area contributed by atoms with Crippen molar-refractivity contribution in [1.29, 1.82) is 0 Å². The Morgan fingerprint density at radius 2 is 2.35 bits per heavy atom. The first-order valence-electron chi connectivity index (χ1n) is 5.88. The van der Waals surface area contributed by atoms with Crippen molar-refractivity contribution in [2.75, 3.05) is 24.5 Å². The molecule has 5 nitrogen and oxygen atoms in total. The van der Waals surface area contributed by atoms with Crippen LogP contribution in [0.15, 0.2) is 24.8 Å². The highest BCUT2D eigenvalue weighted by atomic mass is 15.3. The maximum Gasteiger partial charge on any atom is 0.141 e. The molecule has 0 saturated carbocycles. The van der Waals surface area contributed by atoms with E-state index in [1.807, 2.05) is 12.3 Å². The van der Waals surface area contributed by atoms with Crippen molar-refractivity contribution in [1.82, 2.24) is 20.3 Å². The predicted molar refractivity (Wildman–Crippen MR) is 67.0 cm³/mol. The second-order valence-corrected chi connectivity index (χ2v) is 4.34. The smallest absolute Gasteiger partial charge is 0.141 e. The molecule has 3 heterocycles. The Morgan fingerprint density at radius 1 is 1.41 bits per heavy atom. The van der Waals surface area contributed by atoms with E-state index >= 15 is 0 Å². The molecule has 1 saturated heterocycles. The van der Waals surface area contributed by atoms with Gasteiger partial charge in [0, 0.05) is 38.1 Å². The van der Waals surface area contributed by atoms with Gasteiger partial charge in [0.15, 0.2) is 0 Å². The monoisotopic (exact) mass is 229 g/mol. The molecule has 0 radical (unpaired) electrons. The number of hydrogen-bond donors (Lipinski definition) is 1. The van der Waals surface area contributed by atoms with E-state index in [2.05, 4.69) is 32.1 Å². The van der Waals surface area contributed by atoms with Crippen LogP contribution in [0.25, 0.3) is 10.9 Å². The Hall–Kier alpha value is -1.75. The van der Waals surface area contributed by atoms with Crippen molar-refractivity contribution in [3.8, 4) is 0 Å². The molecule has 17 heavy (non-hydrogen) atoms. The van der Waals surface area contributed by atoms with Gasteiger partial charge in [-0.3, -0.25) is 4.98 Å². The second kappa shape index (κ2) is 4.25. The highest BCUT2D eigenvalue weighted by Gasteiger charge is 2.21. The maximum absolute atomic E-state index is 4.43. The van der Waals surface area contributed by atoms with E-state index in [1.54, 1.807) is 12.5 Å². The van der Waals surface area contributed by atoms with Crippen LogP contribution in [0.4, 0.5) is 5.82 Å². The average molecular weight is 229 g/mol. The largest absolute Gasteiger partial charge is 0.351 e. The normalized spacial score (nSPS) is 20.8. The van der Waals surface area contributed by atoms with Crippen LogP contribution >= 0.6 is 0 Å². The van der Waals surface area contributed by atoms with Crippen molar-refractivity contribution >= 4 is 16.7 Å². The molecule has 3 rings (SSSR count). The van der Waals surface area contributed by atoms with Gasteiger partial charge in [-0.05, 0) is 13.0 Å². The Bertz CT molecular complexity index is 522. The third-order valence-corrected chi connectivity index (χ3v) is 3.19. The first-order chi connectivity index (χ1) is 8.36. The minimum atomic E-state index is 0.446. The van der Waals surface area contributed by atoms with E-state index in [0.29, 0.717) is 6.04 Å². The van der Waals surface area contributed by atoms with E-state index in [4.69, 9.17) is 0 Å². The summed E-state index contributed by atoms with van der Waals surface area (Å²) < 4.78 is 0. The van der Waals surface area contributed by atoms with E-state index in [0.717, 1.165) is 36.4 Å². The summed E-state index contributed by atoms with van der Waals surface area (Å²) in [5.74, 6) is 0.997. The van der Waals surface area contributed by atoms with Crippen LogP contribution in [-0.4, -0.2) is 40.6 Å². The van der Waals surface area contributed by atoms with Gasteiger partial charge >= 0.3 is 0 Å². The zero-order valence-corrected chi connectivity index (χ0v) is 9.80. The Morgan fingerprint density at radius 3 is 3.24 bits per heavy atom. The fourth-order valence-corrected chi connectivity index (χ4v) is 2.27. The first-order valence-corrected chi connectivity index (χ1v) is 5.88. The molecule has 0 spiro atoms. The van der Waals surface area contributed by atoms with Crippen molar-refractivity contribution in [2.45, 2.75) is 13.0 Å². The van der Waals surface area contributed by atoms with Crippen LogP contribution < -0.4 is 10.2 Å². The summed E-state index contributed by atoms with van der Waals surface area (Å²) in [6, 6.07) is 2.37. The van der Waals surface area contributed by atoms with Gasteiger partial charge in [0.05, 0.1) is 10.9 Å². The number of pyridine rings is 1. The van der Waals surface area contributed by atoms with Gasteiger partial charge in [-0.2, -0.15) is 0 Å². The minimum absolute atomic E-state index is 0.446. The molecule has 88 valence electrons. The number of piperazine rings is 1. The van der Waals surface area contributed by atoms with Gasteiger partial charge in [-0.1, -0.05) is 0 Å². The lowest BCUT2D eigenvalue weighted by atomic mass is 10.2. The molecule has 1 aliphatic heterocycles. The average Bonchev–Trinajstić information content (AvgIpc) is 2.39. The van der Waals surface area contributed by atoms with Crippen LogP contribution in [0.1, 0.15) is 6.92 Å². The molecule has 5 heteroatoms. The van der Waals surface area contributed by atoms with E-state index < -0.39 is 0 Å². The zero-order chi connectivity index (χ0) is 11.7. The molecule has 0 aliphatic carbocycles. The molecule has 0 aromatic carbocycles. The number of anilines is 1. The standard InChI is InChI=1S/C12H15N5/c1-9-6-14-4-5-17(9)12-10-7-13-3-2-11(10)15-8-16-12/h2-3,7-9,14H,4-6H2,1H3/t9-/m1/s1. The summed E-state index contributed by atoms with van der Waals surface area (Å²) in [5, 5.41) is 4.41. The highest BCUT2D eigenvalue weighted by Crippen LogP contribution is 2.23. The van der Waals surface area contributed by atoms with Crippen LogP contribution in [0.5, 0.6) is 0 Å². The van der Waals surface area contributed by atoms with E-state index in [-0.39, 0.29) is 0 Å². The number of hydrogen-bond acceptors (Lipinski definition) is 5. The van der Waals surface area contributed by atoms with Crippen molar-refractivity contribution in [3.63, 3.8) is 0 Å². The van der Waals surface area contributed by atoms with Crippen molar-refractivity contribution in [3.05, 3.63) is 24.8 Å². The van der Waals surface area contributed by atoms with Gasteiger partial charge in [-0.15, -0.1) is 0 Å². The maximum atomic E-state index is 4.43. The van der Waals surface area contributed by atoms with Crippen LogP contribution in [-0.2, 0) is 0 Å². The van der Waals surface area contributed by atoms with E-state index in [1.165, 1.54) is 0 Å². The molecule has 1 fully saturated rings. The fraction of sp³-hybridized carbons (Fsp3) is 0.417. The molecule has 1 aliphatic rings. The summed E-state index contributed by atoms with van der Waals surface area (Å²) in [4.78, 5) is 15.2. The zero-order valence-electron chi connectivity index (χ0n) is 9.80. The molecular formula is C12H15N5. The van der Waals surface area contributed by atoms with Crippen LogP contribution in [0.2, 0.25) is 0 Å². The lowest BCUT2D eigenvalue weighted by molar-refractivity contribution is 0.498. The third-order valence-electron chi connectivity index (χ3n) is 3.19. The second-order valence-electron chi connectivity index (χ2n) is 4.34. The van der Waals surface area contributed by atoms with Crippen molar-refractivity contribution in [2.24, 2.45) is 0 Å². The number of nitrogens with one attached hydrogen (secondary N) is 1. The van der Waals surface area contributed by atoms with Gasteiger partial charge in [-0.25, -0.2) is 9.97 Å². The predicted octanol–water partition coefficient (Wildman–Crippen LogP) is 0.823. The highest BCUT2D eigenvalue weighted by molar-refractivity contribution is 5.88. The molecule has 0 amide bonds. The van der Waals surface area contributed by atoms with Gasteiger partial charge in [0.25, 0.3) is 0 Å². The molecule has 1 N–H and O–H groups in total. The fourth-order valence-electron chi connectivity index (χ4n) is 2.27. The SMILES string of the molecule is C[C@@H]1CNCCN1c1ncnc2ccncc12. The topological polar surface area (TPSA) is 53.9 Å². The summed E-state index contributed by atoms with van der Waals surface area (Å²) in [6.45, 7) is 5.17. The van der Waals surface area contributed by atoms with E-state index in [9.17, 15) is 0 Å². The number of fused-ring (bicyclic) bond motifs is 1. The van der Waals surface area contributed by atoms with Gasteiger partial charge < -0.3 is 10.2 Å². The molecule has 1 atom stereocenters. The lowest BCUT2D eigenvalue weighted by Gasteiger charge is -2.35. The molecule has 2 aromatic rings. The van der Waals surface area contributed by atoms with Crippen LogP contribution in [0, 0.1) is 0 Å². The Kier molecular flexibility index (Phi) is 2.60. The number of aromatic nitrogens is 3. The molecular weight excluding hydrogens is 214 g/mol. The minimum Gasteiger partial charge on any atom is -0.351 e. The summed E-state index contributed by atoms with van der Waals surface area (Å²) >= 11 is 0.